The van der Waals surface area contributed by atoms with Gasteiger partial charge >= 0.3 is 6.01 Å². The van der Waals surface area contributed by atoms with Crippen LogP contribution in [-0.4, -0.2) is 81.7 Å². The van der Waals surface area contributed by atoms with Crippen molar-refractivity contribution in [1.29, 1.82) is 0 Å². The van der Waals surface area contributed by atoms with Crippen molar-refractivity contribution in [3.8, 4) is 35.2 Å². The van der Waals surface area contributed by atoms with Crippen molar-refractivity contribution >= 4 is 38.4 Å². The van der Waals surface area contributed by atoms with Crippen molar-refractivity contribution in [3.63, 3.8) is 0 Å². The second-order valence-electron chi connectivity index (χ2n) is 14.1. The van der Waals surface area contributed by atoms with Gasteiger partial charge in [-0.15, -0.1) is 6.42 Å². The maximum Gasteiger partial charge on any atom is 0.319 e. The van der Waals surface area contributed by atoms with E-state index in [4.69, 9.17) is 16.1 Å². The number of hydrogen-bond acceptors (Lipinski definition) is 8. The van der Waals surface area contributed by atoms with Gasteiger partial charge in [0.15, 0.2) is 5.82 Å². The summed E-state index contributed by atoms with van der Waals surface area (Å²) in [6.45, 7) is 3.60. The molecule has 0 saturated carbocycles. The molecule has 0 unspecified atom stereocenters. The van der Waals surface area contributed by atoms with Gasteiger partial charge in [0.2, 0.25) is 0 Å². The second kappa shape index (κ2) is 11.8. The van der Waals surface area contributed by atoms with Gasteiger partial charge in [-0.2, -0.15) is 23.8 Å². The van der Waals surface area contributed by atoms with E-state index in [0.717, 1.165) is 12.8 Å². The lowest BCUT2D eigenvalue weighted by molar-refractivity contribution is 0.104. The summed E-state index contributed by atoms with van der Waals surface area (Å²) in [5.41, 5.74) is -0.820. The summed E-state index contributed by atoms with van der Waals surface area (Å²) in [5, 5.41) is 20.6. The maximum atomic E-state index is 17.5. The Morgan fingerprint density at radius 1 is 1.10 bits per heavy atom. The minimum atomic E-state index is -1.73. The van der Waals surface area contributed by atoms with Crippen molar-refractivity contribution in [1.82, 2.24) is 30.0 Å². The minimum Gasteiger partial charge on any atom is -0.508 e. The van der Waals surface area contributed by atoms with Gasteiger partial charge in [0.25, 0.3) is 6.08 Å². The Kier molecular flexibility index (Phi) is 7.65. The van der Waals surface area contributed by atoms with Crippen LogP contribution in [0.5, 0.6) is 11.8 Å². The van der Waals surface area contributed by atoms with Crippen LogP contribution in [0.4, 0.5) is 23.4 Å². The molecular formula is C37H35F4N7O2. The average molecular weight is 686 g/mol. The standard InChI is InChI=1S/C37H35F4N7O2/c1-5-23-27(38)9-6-19-12-22(49)13-24(28(19)23)29-31(39)33-30(25-16-47(4)45-32(25)29)35(48-14-20-7-8-21(15-48)42-20)44-36(43-33)50-18-37(2)17-46(3)11-10-26(37)34(40)41/h1,6,9,12-13,16,20-21,42,49H,7-8,10-11,14-15,17-18H2,2-4H3/t20-,21+,37-/m1/s1. The first-order chi connectivity index (χ1) is 23.9. The summed E-state index contributed by atoms with van der Waals surface area (Å²) in [6.07, 6.45) is 7.97. The van der Waals surface area contributed by atoms with Crippen LogP contribution in [-0.2, 0) is 7.05 Å². The molecule has 3 fully saturated rings. The van der Waals surface area contributed by atoms with Crippen LogP contribution in [0.1, 0.15) is 31.7 Å². The number of aryl methyl sites for hydroxylation is 1. The van der Waals surface area contributed by atoms with E-state index in [2.05, 4.69) is 26.2 Å². The molecule has 258 valence electrons. The van der Waals surface area contributed by atoms with E-state index in [1.165, 1.54) is 24.3 Å². The predicted molar refractivity (Wildman–Crippen MR) is 183 cm³/mol. The largest absolute Gasteiger partial charge is 0.508 e. The molecule has 5 heterocycles. The predicted octanol–water partition coefficient (Wildman–Crippen LogP) is 6.11. The van der Waals surface area contributed by atoms with Crippen molar-refractivity contribution < 1.29 is 27.4 Å². The summed E-state index contributed by atoms with van der Waals surface area (Å²) in [7, 11) is 3.58. The SMILES string of the molecule is C#Cc1c(F)ccc2cc(O)cc(-c3c(F)c4nc(OC[C@@]5(C)CN(C)CCC5=C(F)F)nc(N5C[C@H]6CC[C@@H](C5)N6)c4c4cn(C)nc34)c12. The smallest absolute Gasteiger partial charge is 0.319 e. The van der Waals surface area contributed by atoms with Crippen LogP contribution >= 0.6 is 0 Å². The fraction of sp³-hybridized carbons (Fsp3) is 0.378. The molecule has 8 rings (SSSR count). The lowest BCUT2D eigenvalue weighted by Gasteiger charge is -2.40. The van der Waals surface area contributed by atoms with E-state index in [1.807, 2.05) is 11.9 Å². The first-order valence-electron chi connectivity index (χ1n) is 16.6. The lowest BCUT2D eigenvalue weighted by Crippen LogP contribution is -2.51. The number of ether oxygens (including phenoxy) is 1. The van der Waals surface area contributed by atoms with E-state index in [9.17, 15) is 13.9 Å². The maximum absolute atomic E-state index is 17.5. The molecule has 3 aliphatic heterocycles. The summed E-state index contributed by atoms with van der Waals surface area (Å²) in [6, 6.07) is 5.72. The molecule has 0 radical (unpaired) electrons. The highest BCUT2D eigenvalue weighted by molar-refractivity contribution is 6.18. The lowest BCUT2D eigenvalue weighted by atomic mass is 9.78. The van der Waals surface area contributed by atoms with Crippen LogP contribution in [0.2, 0.25) is 0 Å². The number of nitrogens with one attached hydrogen (secondary N) is 1. The van der Waals surface area contributed by atoms with Gasteiger partial charge in [0.1, 0.15) is 35.0 Å². The van der Waals surface area contributed by atoms with E-state index >= 15 is 8.78 Å². The average Bonchev–Trinajstić information content (AvgIpc) is 3.63. The van der Waals surface area contributed by atoms with Gasteiger partial charge in [-0.05, 0) is 55.5 Å². The number of phenols is 1. The van der Waals surface area contributed by atoms with Gasteiger partial charge in [0.05, 0.1) is 10.9 Å². The van der Waals surface area contributed by atoms with Crippen molar-refractivity contribution in [2.45, 2.75) is 38.3 Å². The van der Waals surface area contributed by atoms with Crippen molar-refractivity contribution in [3.05, 3.63) is 59.3 Å². The summed E-state index contributed by atoms with van der Waals surface area (Å²) in [4.78, 5) is 13.5. The van der Waals surface area contributed by atoms with E-state index < -0.39 is 23.1 Å². The number of fused-ring (bicyclic) bond motifs is 6. The highest BCUT2D eigenvalue weighted by Gasteiger charge is 2.39. The number of terminal acetylenes is 1. The van der Waals surface area contributed by atoms with Crippen LogP contribution in [0, 0.1) is 29.4 Å². The fourth-order valence-corrected chi connectivity index (χ4v) is 8.24. The van der Waals surface area contributed by atoms with Gasteiger partial charge in [0, 0.05) is 78.8 Å². The third-order valence-electron chi connectivity index (χ3n) is 10.5. The summed E-state index contributed by atoms with van der Waals surface area (Å²) >= 11 is 0. The molecule has 3 atom stereocenters. The van der Waals surface area contributed by atoms with Gasteiger partial charge < -0.3 is 25.0 Å². The van der Waals surface area contributed by atoms with Gasteiger partial charge in [-0.3, -0.25) is 4.68 Å². The van der Waals surface area contributed by atoms with E-state index in [-0.39, 0.29) is 75.6 Å². The van der Waals surface area contributed by atoms with Crippen LogP contribution < -0.4 is 15.0 Å². The molecular weight excluding hydrogens is 650 g/mol. The molecule has 0 aliphatic carbocycles. The molecule has 3 aromatic carbocycles. The number of halogens is 4. The molecule has 2 bridgehead atoms. The van der Waals surface area contributed by atoms with E-state index in [1.54, 1.807) is 24.9 Å². The zero-order valence-electron chi connectivity index (χ0n) is 27.8. The quantitative estimate of drug-likeness (QED) is 0.169. The molecule has 0 amide bonds. The number of aromatic nitrogens is 4. The van der Waals surface area contributed by atoms with Crippen LogP contribution in [0.15, 0.2) is 42.1 Å². The Labute approximate surface area is 285 Å². The zero-order valence-corrected chi connectivity index (χ0v) is 27.8. The third kappa shape index (κ3) is 5.20. The first kappa shape index (κ1) is 32.3. The number of anilines is 1. The van der Waals surface area contributed by atoms with Crippen molar-refractivity contribution in [2.75, 3.05) is 44.7 Å². The Hall–Kier alpha value is -4.93. The Morgan fingerprint density at radius 2 is 1.86 bits per heavy atom. The summed E-state index contributed by atoms with van der Waals surface area (Å²) in [5.74, 6) is 1.20. The number of likely N-dealkylation sites (tertiary alicyclic amines) is 1. The molecule has 3 saturated heterocycles. The number of piperidine rings is 1. The number of nitrogens with zero attached hydrogens (tertiary/aromatic N) is 6. The number of hydrogen-bond donors (Lipinski definition) is 2. The number of benzene rings is 3. The zero-order chi connectivity index (χ0) is 35.1. The van der Waals surface area contributed by atoms with E-state index in [0.29, 0.717) is 48.2 Å². The first-order valence-corrected chi connectivity index (χ1v) is 16.6. The summed E-state index contributed by atoms with van der Waals surface area (Å²) < 4.78 is 68.6. The fourth-order valence-electron chi connectivity index (χ4n) is 8.24. The minimum absolute atomic E-state index is 0.0214. The highest BCUT2D eigenvalue weighted by Crippen LogP contribution is 2.45. The van der Waals surface area contributed by atoms with Gasteiger partial charge in [-0.1, -0.05) is 18.9 Å². The third-order valence-corrected chi connectivity index (χ3v) is 10.5. The normalized spacial score (nSPS) is 22.5. The highest BCUT2D eigenvalue weighted by atomic mass is 19.3. The second-order valence-corrected chi connectivity index (χ2v) is 14.1. The monoisotopic (exact) mass is 685 g/mol. The Morgan fingerprint density at radius 3 is 2.58 bits per heavy atom. The number of piperazine rings is 1. The molecule has 13 heteroatoms. The molecule has 3 aliphatic rings. The molecule has 0 spiro atoms. The molecule has 2 aromatic heterocycles. The number of rotatable bonds is 5. The van der Waals surface area contributed by atoms with Crippen LogP contribution in [0.25, 0.3) is 43.7 Å². The molecule has 50 heavy (non-hydrogen) atoms. The molecule has 9 nitrogen and oxygen atoms in total. The number of aromatic hydroxyl groups is 1. The number of phenolic OH excluding ortho intramolecular Hbond substituents is 1. The van der Waals surface area contributed by atoms with Crippen LogP contribution in [0.3, 0.4) is 0 Å². The molecule has 2 N–H and O–H groups in total. The molecule has 5 aromatic rings. The van der Waals surface area contributed by atoms with Crippen molar-refractivity contribution in [2.24, 2.45) is 12.5 Å². The van der Waals surface area contributed by atoms with Gasteiger partial charge in [-0.25, -0.2) is 8.78 Å². The Bertz CT molecular complexity index is 2280. The topological polar surface area (TPSA) is 91.6 Å². The Balaban J connectivity index is 1.38.